The number of halogens is 1. The van der Waals surface area contributed by atoms with Gasteiger partial charge in [-0.2, -0.15) is 0 Å². The van der Waals surface area contributed by atoms with E-state index in [0.717, 1.165) is 28.8 Å². The van der Waals surface area contributed by atoms with E-state index in [1.165, 1.54) is 6.26 Å². The van der Waals surface area contributed by atoms with Gasteiger partial charge in [-0.25, -0.2) is 13.4 Å². The fourth-order valence-electron chi connectivity index (χ4n) is 2.99. The molecule has 9 heteroatoms. The van der Waals surface area contributed by atoms with Crippen LogP contribution in [-0.4, -0.2) is 40.3 Å². The van der Waals surface area contributed by atoms with Crippen molar-refractivity contribution in [2.75, 3.05) is 26.0 Å². The minimum atomic E-state index is -3.20. The Labute approximate surface area is 200 Å². The summed E-state index contributed by atoms with van der Waals surface area (Å²) < 4.78 is 34.6. The number of para-hydroxylation sites is 1. The first-order valence-corrected chi connectivity index (χ1v) is 11.7. The molecule has 0 bridgehead atoms. The average molecular weight is 557 g/mol. The normalized spacial score (nSPS) is 11.8. The molecule has 1 aromatic heterocycles. The van der Waals surface area contributed by atoms with E-state index in [9.17, 15) is 8.42 Å². The summed E-state index contributed by atoms with van der Waals surface area (Å²) in [4.78, 5) is 4.87. The van der Waals surface area contributed by atoms with E-state index in [1.807, 2.05) is 38.1 Å². The lowest BCUT2D eigenvalue weighted by atomic mass is 10.1. The number of aliphatic imine (C=N–C) groups is 1. The van der Waals surface area contributed by atoms with Gasteiger partial charge in [0, 0.05) is 23.8 Å². The van der Waals surface area contributed by atoms with Crippen molar-refractivity contribution in [3.05, 3.63) is 59.9 Å². The number of furan rings is 1. The van der Waals surface area contributed by atoms with E-state index >= 15 is 0 Å². The number of hydrogen-bond donors (Lipinski definition) is 2. The monoisotopic (exact) mass is 557 g/mol. The highest BCUT2D eigenvalue weighted by atomic mass is 127. The van der Waals surface area contributed by atoms with Gasteiger partial charge in [-0.1, -0.05) is 18.2 Å². The molecule has 0 unspecified atom stereocenters. The molecular weight excluding hydrogens is 529 g/mol. The number of nitrogens with zero attached hydrogens (tertiary/aromatic N) is 1. The average Bonchev–Trinajstić information content (AvgIpc) is 3.05. The Morgan fingerprint density at radius 1 is 1.10 bits per heavy atom. The maximum atomic E-state index is 11.5. The van der Waals surface area contributed by atoms with E-state index in [0.29, 0.717) is 31.4 Å². The van der Waals surface area contributed by atoms with Crippen molar-refractivity contribution in [3.63, 3.8) is 0 Å². The molecule has 0 aliphatic rings. The third kappa shape index (κ3) is 6.86. The van der Waals surface area contributed by atoms with Gasteiger partial charge < -0.3 is 19.8 Å². The Balaban J connectivity index is 0.00000341. The second-order valence-electron chi connectivity index (χ2n) is 6.86. The van der Waals surface area contributed by atoms with Crippen molar-refractivity contribution in [1.82, 2.24) is 10.6 Å². The molecule has 0 amide bonds. The highest BCUT2D eigenvalue weighted by molar-refractivity contribution is 14.0. The molecule has 3 rings (SSSR count). The number of benzene rings is 2. The van der Waals surface area contributed by atoms with Crippen LogP contribution >= 0.6 is 24.0 Å². The standard InChI is InChI=1S/C22H27N3O4S.HI/c1-4-23-22(25-15-21-16(2)19-7-5-6-8-20(19)29-21)24-13-14-28-17-9-11-18(12-10-17)30(3,26)27;/h5-12H,4,13-15H2,1-3H3,(H2,23,24,25);1H. The van der Waals surface area contributed by atoms with Crippen molar-refractivity contribution in [2.24, 2.45) is 4.99 Å². The number of guanidine groups is 1. The van der Waals surface area contributed by atoms with Crippen LogP contribution < -0.4 is 15.4 Å². The van der Waals surface area contributed by atoms with Crippen LogP contribution in [0.25, 0.3) is 11.0 Å². The molecule has 3 aromatic rings. The summed E-state index contributed by atoms with van der Waals surface area (Å²) in [6.07, 6.45) is 1.18. The highest BCUT2D eigenvalue weighted by Crippen LogP contribution is 2.25. The van der Waals surface area contributed by atoms with Crippen LogP contribution in [0.1, 0.15) is 18.2 Å². The van der Waals surface area contributed by atoms with Gasteiger partial charge >= 0.3 is 0 Å². The Kier molecular flexibility index (Phi) is 9.17. The van der Waals surface area contributed by atoms with E-state index in [-0.39, 0.29) is 28.9 Å². The Morgan fingerprint density at radius 3 is 2.45 bits per heavy atom. The molecule has 0 spiro atoms. The largest absolute Gasteiger partial charge is 0.492 e. The minimum absolute atomic E-state index is 0. The lowest BCUT2D eigenvalue weighted by Gasteiger charge is -2.12. The van der Waals surface area contributed by atoms with Gasteiger partial charge in [0.05, 0.1) is 11.4 Å². The summed E-state index contributed by atoms with van der Waals surface area (Å²) in [5.74, 6) is 2.13. The zero-order valence-electron chi connectivity index (χ0n) is 17.8. The Hall–Kier alpha value is -2.27. The second-order valence-corrected chi connectivity index (χ2v) is 8.88. The van der Waals surface area contributed by atoms with Gasteiger partial charge in [-0.05, 0) is 44.2 Å². The zero-order valence-corrected chi connectivity index (χ0v) is 21.0. The van der Waals surface area contributed by atoms with Crippen LogP contribution in [0.15, 0.2) is 62.8 Å². The van der Waals surface area contributed by atoms with Crippen molar-refractivity contribution < 1.29 is 17.6 Å². The fourth-order valence-corrected chi connectivity index (χ4v) is 3.62. The van der Waals surface area contributed by atoms with Crippen LogP contribution in [0.5, 0.6) is 5.75 Å². The molecule has 0 radical (unpaired) electrons. The molecule has 1 heterocycles. The first-order valence-electron chi connectivity index (χ1n) is 9.80. The predicted molar refractivity (Wildman–Crippen MR) is 134 cm³/mol. The molecule has 31 heavy (non-hydrogen) atoms. The number of nitrogens with one attached hydrogen (secondary N) is 2. The maximum Gasteiger partial charge on any atom is 0.191 e. The number of aryl methyl sites for hydroxylation is 1. The molecule has 168 valence electrons. The maximum absolute atomic E-state index is 11.5. The van der Waals surface area contributed by atoms with Gasteiger partial charge in [0.15, 0.2) is 15.8 Å². The van der Waals surface area contributed by atoms with Crippen molar-refractivity contribution in [2.45, 2.75) is 25.3 Å². The molecule has 0 saturated heterocycles. The number of rotatable bonds is 8. The molecule has 0 fully saturated rings. The van der Waals surface area contributed by atoms with Gasteiger partial charge in [0.1, 0.15) is 30.2 Å². The Morgan fingerprint density at radius 2 is 1.81 bits per heavy atom. The lowest BCUT2D eigenvalue weighted by Crippen LogP contribution is -2.39. The summed E-state index contributed by atoms with van der Waals surface area (Å²) in [5.41, 5.74) is 1.97. The van der Waals surface area contributed by atoms with E-state index in [1.54, 1.807) is 24.3 Å². The van der Waals surface area contributed by atoms with Crippen LogP contribution in [-0.2, 0) is 16.4 Å². The Bertz CT molecular complexity index is 1130. The van der Waals surface area contributed by atoms with Gasteiger partial charge in [0.2, 0.25) is 0 Å². The van der Waals surface area contributed by atoms with Gasteiger partial charge in [-0.3, -0.25) is 0 Å². The molecule has 0 saturated carbocycles. The van der Waals surface area contributed by atoms with E-state index in [4.69, 9.17) is 9.15 Å². The quantitative estimate of drug-likeness (QED) is 0.189. The van der Waals surface area contributed by atoms with E-state index < -0.39 is 9.84 Å². The summed E-state index contributed by atoms with van der Waals surface area (Å²) in [7, 11) is -3.20. The first-order chi connectivity index (χ1) is 14.4. The number of hydrogen-bond acceptors (Lipinski definition) is 5. The summed E-state index contributed by atoms with van der Waals surface area (Å²) in [5, 5.41) is 7.54. The van der Waals surface area contributed by atoms with Crippen LogP contribution in [0, 0.1) is 6.92 Å². The number of fused-ring (bicyclic) bond motifs is 1. The number of sulfone groups is 1. The zero-order chi connectivity index (χ0) is 21.6. The first kappa shape index (κ1) is 25.0. The lowest BCUT2D eigenvalue weighted by molar-refractivity contribution is 0.321. The molecule has 0 aliphatic carbocycles. The number of ether oxygens (including phenoxy) is 1. The minimum Gasteiger partial charge on any atom is -0.492 e. The molecule has 0 atom stereocenters. The molecule has 0 aliphatic heterocycles. The molecular formula is C22H28IN3O4S. The third-order valence-corrected chi connectivity index (χ3v) is 5.71. The van der Waals surface area contributed by atoms with Crippen LogP contribution in [0.4, 0.5) is 0 Å². The van der Waals surface area contributed by atoms with E-state index in [2.05, 4.69) is 15.6 Å². The molecule has 2 aromatic carbocycles. The molecule has 7 nitrogen and oxygen atoms in total. The van der Waals surface area contributed by atoms with Crippen LogP contribution in [0.3, 0.4) is 0 Å². The highest BCUT2D eigenvalue weighted by Gasteiger charge is 2.10. The van der Waals surface area contributed by atoms with Crippen molar-refractivity contribution in [1.29, 1.82) is 0 Å². The van der Waals surface area contributed by atoms with Crippen molar-refractivity contribution in [3.8, 4) is 5.75 Å². The topological polar surface area (TPSA) is 92.9 Å². The molecule has 2 N–H and O–H groups in total. The SMILES string of the molecule is CCNC(=NCc1oc2ccccc2c1C)NCCOc1ccc(S(C)(=O)=O)cc1.I. The predicted octanol–water partition coefficient (Wildman–Crippen LogP) is 3.90. The summed E-state index contributed by atoms with van der Waals surface area (Å²) in [6.45, 7) is 6.16. The summed E-state index contributed by atoms with van der Waals surface area (Å²) >= 11 is 0. The fraction of sp³-hybridized carbons (Fsp3) is 0.318. The van der Waals surface area contributed by atoms with Crippen LogP contribution in [0.2, 0.25) is 0 Å². The van der Waals surface area contributed by atoms with Gasteiger partial charge in [-0.15, -0.1) is 24.0 Å². The van der Waals surface area contributed by atoms with Crippen molar-refractivity contribution >= 4 is 50.7 Å². The van der Waals surface area contributed by atoms with Gasteiger partial charge in [0.25, 0.3) is 0 Å². The smallest absolute Gasteiger partial charge is 0.191 e. The third-order valence-electron chi connectivity index (χ3n) is 4.58. The second kappa shape index (κ2) is 11.4. The summed E-state index contributed by atoms with van der Waals surface area (Å²) in [6, 6.07) is 14.3.